The fraction of sp³-hybridized carbons (Fsp3) is 0.333. The monoisotopic (exact) mass is 429 g/mol. The van der Waals surface area contributed by atoms with Crippen LogP contribution in [0.3, 0.4) is 0 Å². The third-order valence-electron chi connectivity index (χ3n) is 5.06. The van der Waals surface area contributed by atoms with Crippen molar-refractivity contribution >= 4 is 27.4 Å². The second-order valence-electron chi connectivity index (χ2n) is 7.35. The molecule has 0 aliphatic carbocycles. The summed E-state index contributed by atoms with van der Waals surface area (Å²) in [5, 5.41) is 9.29. The van der Waals surface area contributed by atoms with Crippen LogP contribution in [0.1, 0.15) is 29.9 Å². The molecule has 3 heterocycles. The molecule has 0 bridgehead atoms. The number of hydrogen-bond acceptors (Lipinski definition) is 6. The van der Waals surface area contributed by atoms with E-state index in [1.165, 1.54) is 5.41 Å². The van der Waals surface area contributed by atoms with Gasteiger partial charge < -0.3 is 4.52 Å². The molecule has 1 fully saturated rings. The number of thiophene rings is 1. The molecule has 0 saturated carbocycles. The fourth-order valence-corrected chi connectivity index (χ4v) is 5.38. The van der Waals surface area contributed by atoms with Crippen LogP contribution in [0, 0.1) is 12.8 Å². The van der Waals surface area contributed by atoms with Gasteiger partial charge in [-0.3, -0.25) is 0 Å². The third kappa shape index (κ3) is 5.01. The molecule has 1 atom stereocenters. The highest BCUT2D eigenvalue weighted by Crippen LogP contribution is 2.25. The summed E-state index contributed by atoms with van der Waals surface area (Å²) in [4.78, 5) is 4.46. The predicted octanol–water partition coefficient (Wildman–Crippen LogP) is 4.36. The van der Waals surface area contributed by atoms with Gasteiger partial charge in [0.2, 0.25) is 21.7 Å². The van der Waals surface area contributed by atoms with E-state index in [0.29, 0.717) is 31.2 Å². The molecule has 1 aliphatic heterocycles. The summed E-state index contributed by atoms with van der Waals surface area (Å²) in [6.07, 6.45) is 4.02. The second-order valence-corrected chi connectivity index (χ2v) is 9.95. The average molecular weight is 430 g/mol. The molecule has 29 heavy (non-hydrogen) atoms. The predicted molar refractivity (Wildman–Crippen MR) is 115 cm³/mol. The molecular formula is C21H23N3O3S2. The average Bonchev–Trinajstić information content (AvgIpc) is 3.40. The van der Waals surface area contributed by atoms with Crippen molar-refractivity contribution in [2.45, 2.75) is 26.2 Å². The smallest absolute Gasteiger partial charge is 0.236 e. The second kappa shape index (κ2) is 8.61. The van der Waals surface area contributed by atoms with Crippen LogP contribution < -0.4 is 0 Å². The van der Waals surface area contributed by atoms with E-state index in [1.807, 2.05) is 48.0 Å². The Morgan fingerprint density at radius 3 is 2.86 bits per heavy atom. The van der Waals surface area contributed by atoms with E-state index in [9.17, 15) is 8.42 Å². The molecule has 8 heteroatoms. The molecular weight excluding hydrogens is 406 g/mol. The summed E-state index contributed by atoms with van der Waals surface area (Å²) >= 11 is 1.58. The Hall–Kier alpha value is -2.29. The topological polar surface area (TPSA) is 76.3 Å². The third-order valence-corrected chi connectivity index (χ3v) is 7.28. The van der Waals surface area contributed by atoms with Gasteiger partial charge in [0.05, 0.1) is 0 Å². The van der Waals surface area contributed by atoms with E-state index in [0.717, 1.165) is 29.5 Å². The summed E-state index contributed by atoms with van der Waals surface area (Å²) in [7, 11) is -3.46. The number of nitrogens with zero attached hydrogens (tertiary/aromatic N) is 3. The van der Waals surface area contributed by atoms with Gasteiger partial charge in [0.15, 0.2) is 0 Å². The number of benzene rings is 1. The Balaban J connectivity index is 1.40. The standard InChI is InChI=1S/C21H23N3O3S2/c1-16-4-6-17(7-5-16)9-12-29(25,26)24-10-2-3-18(14-24)13-20-22-21(23-27-20)19-8-11-28-15-19/h4-9,11-12,15,18H,2-3,10,13-14H2,1H3. The highest BCUT2D eigenvalue weighted by atomic mass is 32.2. The van der Waals surface area contributed by atoms with E-state index in [4.69, 9.17) is 4.52 Å². The van der Waals surface area contributed by atoms with Gasteiger partial charge in [0.1, 0.15) is 0 Å². The lowest BCUT2D eigenvalue weighted by Crippen LogP contribution is -2.39. The first-order chi connectivity index (χ1) is 14.0. The Bertz CT molecular complexity index is 1070. The summed E-state index contributed by atoms with van der Waals surface area (Å²) in [5.41, 5.74) is 2.96. The molecule has 6 nitrogen and oxygen atoms in total. The van der Waals surface area contributed by atoms with Gasteiger partial charge in [-0.15, -0.1) is 0 Å². The Kier molecular flexibility index (Phi) is 5.94. The Morgan fingerprint density at radius 1 is 1.28 bits per heavy atom. The van der Waals surface area contributed by atoms with Crippen molar-refractivity contribution in [2.75, 3.05) is 13.1 Å². The number of rotatable bonds is 6. The molecule has 0 spiro atoms. The molecule has 2 aromatic heterocycles. The van der Waals surface area contributed by atoms with Crippen LogP contribution in [-0.4, -0.2) is 36.0 Å². The number of hydrogen-bond donors (Lipinski definition) is 0. The largest absolute Gasteiger partial charge is 0.339 e. The van der Waals surface area contributed by atoms with Gasteiger partial charge in [-0.1, -0.05) is 35.0 Å². The number of sulfonamides is 1. The highest BCUT2D eigenvalue weighted by molar-refractivity contribution is 7.92. The zero-order chi connectivity index (χ0) is 20.3. The van der Waals surface area contributed by atoms with Gasteiger partial charge in [-0.2, -0.15) is 20.6 Å². The van der Waals surface area contributed by atoms with Crippen molar-refractivity contribution in [3.05, 3.63) is 63.5 Å². The van der Waals surface area contributed by atoms with Crippen LogP contribution >= 0.6 is 11.3 Å². The first kappa shape index (κ1) is 20.0. The van der Waals surface area contributed by atoms with E-state index >= 15 is 0 Å². The lowest BCUT2D eigenvalue weighted by Gasteiger charge is -2.30. The normalized spacial score (nSPS) is 18.4. The fourth-order valence-electron chi connectivity index (χ4n) is 3.45. The van der Waals surface area contributed by atoms with Crippen LogP contribution in [0.25, 0.3) is 17.5 Å². The van der Waals surface area contributed by atoms with Crippen LogP contribution in [0.4, 0.5) is 0 Å². The molecule has 0 N–H and O–H groups in total. The zero-order valence-electron chi connectivity index (χ0n) is 16.2. The van der Waals surface area contributed by atoms with Crippen LogP contribution in [0.2, 0.25) is 0 Å². The summed E-state index contributed by atoms with van der Waals surface area (Å²) in [6, 6.07) is 9.73. The van der Waals surface area contributed by atoms with Gasteiger partial charge in [-0.25, -0.2) is 8.42 Å². The molecule has 3 aromatic rings. The lowest BCUT2D eigenvalue weighted by molar-refractivity contribution is 0.248. The van der Waals surface area contributed by atoms with Crippen molar-refractivity contribution < 1.29 is 12.9 Å². The maximum absolute atomic E-state index is 12.8. The van der Waals surface area contributed by atoms with Crippen molar-refractivity contribution in [3.8, 4) is 11.4 Å². The van der Waals surface area contributed by atoms with E-state index in [1.54, 1.807) is 21.7 Å². The van der Waals surface area contributed by atoms with Gasteiger partial charge in [0, 0.05) is 35.9 Å². The quantitative estimate of drug-likeness (QED) is 0.582. The minimum atomic E-state index is -3.46. The van der Waals surface area contributed by atoms with Crippen molar-refractivity contribution in [1.82, 2.24) is 14.4 Å². The molecule has 0 amide bonds. The van der Waals surface area contributed by atoms with Gasteiger partial charge >= 0.3 is 0 Å². The molecule has 1 aliphatic rings. The van der Waals surface area contributed by atoms with Crippen LogP contribution in [0.5, 0.6) is 0 Å². The molecule has 1 aromatic carbocycles. The van der Waals surface area contributed by atoms with Crippen LogP contribution in [-0.2, 0) is 16.4 Å². The first-order valence-corrected chi connectivity index (χ1v) is 12.0. The number of piperidine rings is 1. The van der Waals surface area contributed by atoms with E-state index in [2.05, 4.69) is 10.1 Å². The molecule has 152 valence electrons. The Morgan fingerprint density at radius 2 is 2.10 bits per heavy atom. The van der Waals surface area contributed by atoms with E-state index in [-0.39, 0.29) is 5.92 Å². The summed E-state index contributed by atoms with van der Waals surface area (Å²) in [5.74, 6) is 1.32. The number of aromatic nitrogens is 2. The zero-order valence-corrected chi connectivity index (χ0v) is 17.8. The molecule has 0 radical (unpaired) electrons. The SMILES string of the molecule is Cc1ccc(C=CS(=O)(=O)N2CCCC(Cc3nc(-c4ccsc4)no3)C2)cc1. The van der Waals surface area contributed by atoms with Crippen molar-refractivity contribution in [3.63, 3.8) is 0 Å². The minimum absolute atomic E-state index is 0.169. The molecule has 1 saturated heterocycles. The van der Waals surface area contributed by atoms with Gasteiger partial charge in [0.25, 0.3) is 0 Å². The first-order valence-electron chi connectivity index (χ1n) is 9.60. The highest BCUT2D eigenvalue weighted by Gasteiger charge is 2.28. The lowest BCUT2D eigenvalue weighted by atomic mass is 9.96. The maximum atomic E-state index is 12.8. The minimum Gasteiger partial charge on any atom is -0.339 e. The van der Waals surface area contributed by atoms with Crippen molar-refractivity contribution in [2.24, 2.45) is 5.92 Å². The maximum Gasteiger partial charge on any atom is 0.236 e. The number of aryl methyl sites for hydroxylation is 1. The van der Waals surface area contributed by atoms with E-state index < -0.39 is 10.0 Å². The summed E-state index contributed by atoms with van der Waals surface area (Å²) < 4.78 is 32.5. The van der Waals surface area contributed by atoms with Crippen molar-refractivity contribution in [1.29, 1.82) is 0 Å². The van der Waals surface area contributed by atoms with Gasteiger partial charge in [-0.05, 0) is 48.8 Å². The van der Waals surface area contributed by atoms with Crippen LogP contribution in [0.15, 0.2) is 51.0 Å². The Labute approximate surface area is 174 Å². The molecule has 4 rings (SSSR count). The molecule has 1 unspecified atom stereocenters. The summed E-state index contributed by atoms with van der Waals surface area (Å²) in [6.45, 7) is 3.02.